The van der Waals surface area contributed by atoms with Gasteiger partial charge in [0.05, 0.1) is 16.6 Å². The molecule has 2 heteroatoms. The molecule has 6 aromatic rings. The molecule has 0 spiro atoms. The molecule has 140 valence electrons. The van der Waals surface area contributed by atoms with Gasteiger partial charge in [0.1, 0.15) is 0 Å². The summed E-state index contributed by atoms with van der Waals surface area (Å²) in [6, 6.07) is 24.7. The van der Waals surface area contributed by atoms with E-state index in [1.807, 2.05) is 0 Å². The van der Waals surface area contributed by atoms with Crippen LogP contribution in [0.3, 0.4) is 0 Å². The van der Waals surface area contributed by atoms with Crippen LogP contribution in [-0.2, 0) is 6.54 Å². The molecule has 0 fully saturated rings. The zero-order chi connectivity index (χ0) is 19.4. The Morgan fingerprint density at radius 3 is 2.30 bits per heavy atom. The standard InChI is InChI=1S/C28H18N2/c1-3-7-22-20(5-1)21-6-2-4-8-23(21)27-25(22)24-12-10-18-13-14-29-19-11-9-17(15-19)16-30(27)28(24)26(18)29/h1-15,17H,16H2. The number of aromatic nitrogens is 2. The first-order chi connectivity index (χ1) is 14.9. The van der Waals surface area contributed by atoms with Gasteiger partial charge in [0, 0.05) is 45.9 Å². The van der Waals surface area contributed by atoms with Gasteiger partial charge in [-0.1, -0.05) is 72.8 Å². The van der Waals surface area contributed by atoms with Gasteiger partial charge >= 0.3 is 0 Å². The van der Waals surface area contributed by atoms with Gasteiger partial charge in [0.2, 0.25) is 0 Å². The van der Waals surface area contributed by atoms with Gasteiger partial charge in [0.15, 0.2) is 0 Å². The van der Waals surface area contributed by atoms with Crippen molar-refractivity contribution in [1.82, 2.24) is 9.13 Å². The molecule has 0 N–H and O–H groups in total. The third kappa shape index (κ3) is 1.64. The Bertz CT molecular complexity index is 1770. The summed E-state index contributed by atoms with van der Waals surface area (Å²) in [6.45, 7) is 0.979. The first kappa shape index (κ1) is 15.1. The number of hydrogen-bond acceptors (Lipinski definition) is 0. The summed E-state index contributed by atoms with van der Waals surface area (Å²) in [7, 11) is 0. The number of hydrogen-bond donors (Lipinski definition) is 0. The first-order valence-electron chi connectivity index (χ1n) is 10.6. The van der Waals surface area contributed by atoms with Crippen LogP contribution in [-0.4, -0.2) is 9.13 Å². The minimum absolute atomic E-state index is 0.426. The molecular weight excluding hydrogens is 364 g/mol. The summed E-state index contributed by atoms with van der Waals surface area (Å²) in [5.74, 6) is 0.426. The van der Waals surface area contributed by atoms with Crippen LogP contribution in [0.15, 0.2) is 91.2 Å². The molecule has 1 aliphatic carbocycles. The van der Waals surface area contributed by atoms with Gasteiger partial charge in [0.25, 0.3) is 0 Å². The lowest BCUT2D eigenvalue weighted by Crippen LogP contribution is -2.08. The predicted octanol–water partition coefficient (Wildman–Crippen LogP) is 7.10. The second-order valence-corrected chi connectivity index (χ2v) is 8.63. The quantitative estimate of drug-likeness (QED) is 0.248. The van der Waals surface area contributed by atoms with E-state index in [2.05, 4.69) is 100 Å². The van der Waals surface area contributed by atoms with E-state index in [1.54, 1.807) is 0 Å². The van der Waals surface area contributed by atoms with Crippen LogP contribution in [0.25, 0.3) is 60.0 Å². The predicted molar refractivity (Wildman–Crippen MR) is 127 cm³/mol. The molecule has 3 heterocycles. The summed E-state index contributed by atoms with van der Waals surface area (Å²) in [6.07, 6.45) is 9.28. The number of allylic oxidation sites excluding steroid dienone is 4. The van der Waals surface area contributed by atoms with Crippen LogP contribution in [0.2, 0.25) is 0 Å². The van der Waals surface area contributed by atoms with E-state index < -0.39 is 0 Å². The Hall–Kier alpha value is -3.78. The summed E-state index contributed by atoms with van der Waals surface area (Å²) in [5, 5.41) is 9.44. The highest BCUT2D eigenvalue weighted by Gasteiger charge is 2.25. The highest BCUT2D eigenvalue weighted by Crippen LogP contribution is 2.45. The minimum atomic E-state index is 0.426. The van der Waals surface area contributed by atoms with Gasteiger partial charge in [-0.3, -0.25) is 0 Å². The van der Waals surface area contributed by atoms with E-state index in [4.69, 9.17) is 0 Å². The lowest BCUT2D eigenvalue weighted by atomic mass is 9.96. The SMILES string of the molecule is C1=CC2C=C1n1ccc3ccc4c5c6ccccc6c6ccccc6c5n(c4c31)C2. The monoisotopic (exact) mass is 382 g/mol. The highest BCUT2D eigenvalue weighted by molar-refractivity contribution is 6.33. The zero-order valence-corrected chi connectivity index (χ0v) is 16.3. The van der Waals surface area contributed by atoms with Crippen molar-refractivity contribution >= 4 is 60.0 Å². The topological polar surface area (TPSA) is 9.86 Å². The molecule has 2 aliphatic rings. The average molecular weight is 382 g/mol. The lowest BCUT2D eigenvalue weighted by molar-refractivity contribution is 0.655. The van der Waals surface area contributed by atoms with Crippen LogP contribution in [0.1, 0.15) is 0 Å². The molecule has 30 heavy (non-hydrogen) atoms. The Labute approximate surface area is 172 Å². The van der Waals surface area contributed by atoms with E-state index >= 15 is 0 Å². The number of nitrogens with zero attached hydrogens (tertiary/aromatic N) is 2. The third-order valence-corrected chi connectivity index (χ3v) is 7.11. The van der Waals surface area contributed by atoms with Gasteiger partial charge in [-0.25, -0.2) is 0 Å². The Balaban J connectivity index is 1.77. The van der Waals surface area contributed by atoms with Gasteiger partial charge in [-0.05, 0) is 28.3 Å². The summed E-state index contributed by atoms with van der Waals surface area (Å²) in [5.41, 5.74) is 5.37. The summed E-state index contributed by atoms with van der Waals surface area (Å²) < 4.78 is 4.99. The van der Waals surface area contributed by atoms with Crippen LogP contribution in [0.4, 0.5) is 0 Å². The fourth-order valence-corrected chi connectivity index (χ4v) is 5.91. The van der Waals surface area contributed by atoms with Crippen molar-refractivity contribution in [1.29, 1.82) is 0 Å². The van der Waals surface area contributed by atoms with E-state index in [0.717, 1.165) is 6.54 Å². The lowest BCUT2D eigenvalue weighted by Gasteiger charge is -2.16. The van der Waals surface area contributed by atoms with Crippen LogP contribution < -0.4 is 0 Å². The molecule has 0 radical (unpaired) electrons. The largest absolute Gasteiger partial charge is 0.337 e. The molecule has 0 saturated carbocycles. The van der Waals surface area contributed by atoms with Crippen molar-refractivity contribution in [3.8, 4) is 0 Å². The molecule has 2 nitrogen and oxygen atoms in total. The van der Waals surface area contributed by atoms with E-state index in [9.17, 15) is 0 Å². The number of rotatable bonds is 0. The van der Waals surface area contributed by atoms with Crippen molar-refractivity contribution in [3.63, 3.8) is 0 Å². The number of fused-ring (bicyclic) bond motifs is 10. The van der Waals surface area contributed by atoms with Crippen molar-refractivity contribution in [3.05, 3.63) is 91.2 Å². The molecular formula is C28H18N2. The van der Waals surface area contributed by atoms with Crippen molar-refractivity contribution < 1.29 is 0 Å². The van der Waals surface area contributed by atoms with E-state index in [0.29, 0.717) is 5.92 Å². The molecule has 1 unspecified atom stereocenters. The van der Waals surface area contributed by atoms with Crippen LogP contribution in [0.5, 0.6) is 0 Å². The average Bonchev–Trinajstić information content (AvgIpc) is 3.49. The summed E-state index contributed by atoms with van der Waals surface area (Å²) in [4.78, 5) is 0. The molecule has 1 atom stereocenters. The molecule has 2 aromatic heterocycles. The maximum Gasteiger partial charge on any atom is 0.0773 e. The first-order valence-corrected chi connectivity index (χ1v) is 10.6. The third-order valence-electron chi connectivity index (χ3n) is 7.11. The molecule has 0 amide bonds. The fourth-order valence-electron chi connectivity index (χ4n) is 5.91. The fraction of sp³-hybridized carbons (Fsp3) is 0.0714. The minimum Gasteiger partial charge on any atom is -0.337 e. The van der Waals surface area contributed by atoms with E-state index in [-0.39, 0.29) is 0 Å². The highest BCUT2D eigenvalue weighted by atomic mass is 15.0. The molecule has 1 aliphatic heterocycles. The second kappa shape index (κ2) is 5.03. The Kier molecular flexibility index (Phi) is 2.53. The maximum absolute atomic E-state index is 2.60. The maximum atomic E-state index is 2.60. The van der Waals surface area contributed by atoms with Crippen molar-refractivity contribution in [2.45, 2.75) is 6.54 Å². The Morgan fingerprint density at radius 2 is 1.43 bits per heavy atom. The molecule has 2 bridgehead atoms. The smallest absolute Gasteiger partial charge is 0.0773 e. The van der Waals surface area contributed by atoms with Crippen LogP contribution in [0, 0.1) is 5.92 Å². The Morgan fingerprint density at radius 1 is 0.667 bits per heavy atom. The van der Waals surface area contributed by atoms with E-state index in [1.165, 1.54) is 60.0 Å². The normalized spacial score (nSPS) is 17.6. The van der Waals surface area contributed by atoms with Crippen LogP contribution >= 0.6 is 0 Å². The summed E-state index contributed by atoms with van der Waals surface area (Å²) >= 11 is 0. The zero-order valence-electron chi connectivity index (χ0n) is 16.3. The molecule has 8 rings (SSSR count). The van der Waals surface area contributed by atoms with Crippen molar-refractivity contribution in [2.24, 2.45) is 5.92 Å². The molecule has 4 aromatic carbocycles. The van der Waals surface area contributed by atoms with Gasteiger partial charge < -0.3 is 9.13 Å². The van der Waals surface area contributed by atoms with Gasteiger partial charge in [-0.2, -0.15) is 0 Å². The van der Waals surface area contributed by atoms with Gasteiger partial charge in [-0.15, -0.1) is 0 Å². The molecule has 0 saturated heterocycles. The second-order valence-electron chi connectivity index (χ2n) is 8.63. The number of benzene rings is 4. The van der Waals surface area contributed by atoms with Crippen molar-refractivity contribution in [2.75, 3.05) is 0 Å².